The molecule has 0 heterocycles. The van der Waals surface area contributed by atoms with Crippen LogP contribution < -0.4 is 15.5 Å². The Morgan fingerprint density at radius 2 is 1.67 bits per heavy atom. The third-order valence-electron chi connectivity index (χ3n) is 3.61. The third kappa shape index (κ3) is 6.51. The van der Waals surface area contributed by atoms with Crippen LogP contribution in [0.3, 0.4) is 0 Å². The van der Waals surface area contributed by atoms with Gasteiger partial charge in [0, 0.05) is 10.2 Å². The number of benzene rings is 3. The first-order valence-corrected chi connectivity index (χ1v) is 9.51. The molecule has 27 heavy (non-hydrogen) atoms. The summed E-state index contributed by atoms with van der Waals surface area (Å²) in [5.74, 6) is 0.810. The van der Waals surface area contributed by atoms with Crippen molar-refractivity contribution in [1.82, 2.24) is 5.43 Å². The van der Waals surface area contributed by atoms with Crippen LogP contribution in [-0.2, 0) is 6.61 Å². The first-order valence-electron chi connectivity index (χ1n) is 8.31. The van der Waals surface area contributed by atoms with Crippen molar-refractivity contribution >= 4 is 45.2 Å². The van der Waals surface area contributed by atoms with Crippen LogP contribution in [0.25, 0.3) is 0 Å². The molecule has 3 aromatic rings. The van der Waals surface area contributed by atoms with Gasteiger partial charge < -0.3 is 10.1 Å². The summed E-state index contributed by atoms with van der Waals surface area (Å²) in [6.45, 7) is 0.529. The van der Waals surface area contributed by atoms with Gasteiger partial charge in [-0.15, -0.1) is 0 Å². The quantitative estimate of drug-likeness (QED) is 0.308. The number of hydrogen-bond donors (Lipinski definition) is 2. The molecule has 3 rings (SSSR count). The van der Waals surface area contributed by atoms with Crippen LogP contribution in [0, 0.1) is 0 Å². The highest BCUT2D eigenvalue weighted by molar-refractivity contribution is 9.10. The largest absolute Gasteiger partial charge is 0.489 e. The Bertz CT molecular complexity index is 897. The zero-order valence-corrected chi connectivity index (χ0v) is 16.8. The Balaban J connectivity index is 1.46. The molecule has 0 aliphatic heterocycles. The number of anilines is 1. The van der Waals surface area contributed by atoms with E-state index >= 15 is 0 Å². The molecule has 0 spiro atoms. The number of ether oxygens (including phenoxy) is 1. The molecule has 136 valence electrons. The van der Waals surface area contributed by atoms with E-state index in [9.17, 15) is 0 Å². The molecule has 0 unspecified atom stereocenters. The lowest BCUT2D eigenvalue weighted by Crippen LogP contribution is -2.23. The average molecular weight is 440 g/mol. The fraction of sp³-hybridized carbons (Fsp3) is 0.0476. The summed E-state index contributed by atoms with van der Waals surface area (Å²) in [4.78, 5) is 0. The van der Waals surface area contributed by atoms with Crippen molar-refractivity contribution in [3.63, 3.8) is 0 Å². The molecule has 0 atom stereocenters. The number of hydrogen-bond acceptors (Lipinski definition) is 3. The normalized spacial score (nSPS) is 10.6. The van der Waals surface area contributed by atoms with E-state index in [4.69, 9.17) is 17.0 Å². The van der Waals surface area contributed by atoms with Gasteiger partial charge in [0.05, 0.1) is 6.21 Å². The maximum absolute atomic E-state index is 5.79. The summed E-state index contributed by atoms with van der Waals surface area (Å²) < 4.78 is 6.85. The van der Waals surface area contributed by atoms with Gasteiger partial charge in [0.25, 0.3) is 0 Å². The van der Waals surface area contributed by atoms with E-state index in [0.717, 1.165) is 27.0 Å². The maximum Gasteiger partial charge on any atom is 0.191 e. The lowest BCUT2D eigenvalue weighted by molar-refractivity contribution is 0.306. The van der Waals surface area contributed by atoms with Crippen molar-refractivity contribution in [2.75, 3.05) is 5.32 Å². The lowest BCUT2D eigenvalue weighted by Gasteiger charge is -2.07. The Labute approximate surface area is 172 Å². The van der Waals surface area contributed by atoms with Crippen molar-refractivity contribution in [3.8, 4) is 5.75 Å². The number of halogens is 1. The van der Waals surface area contributed by atoms with Gasteiger partial charge >= 0.3 is 0 Å². The van der Waals surface area contributed by atoms with Crippen LogP contribution in [-0.4, -0.2) is 11.3 Å². The van der Waals surface area contributed by atoms with E-state index in [0.29, 0.717) is 11.7 Å². The van der Waals surface area contributed by atoms with E-state index in [-0.39, 0.29) is 0 Å². The van der Waals surface area contributed by atoms with Crippen molar-refractivity contribution in [2.45, 2.75) is 6.61 Å². The van der Waals surface area contributed by atoms with Crippen molar-refractivity contribution < 1.29 is 4.74 Å². The molecule has 0 fully saturated rings. The van der Waals surface area contributed by atoms with Gasteiger partial charge in [-0.3, -0.25) is 5.43 Å². The highest BCUT2D eigenvalue weighted by Gasteiger charge is 1.98. The number of rotatable bonds is 6. The van der Waals surface area contributed by atoms with Crippen molar-refractivity contribution in [2.24, 2.45) is 5.10 Å². The molecule has 4 nitrogen and oxygen atoms in total. The van der Waals surface area contributed by atoms with Crippen molar-refractivity contribution in [3.05, 3.63) is 94.5 Å². The molecule has 0 saturated heterocycles. The third-order valence-corrected chi connectivity index (χ3v) is 4.33. The average Bonchev–Trinajstić information content (AvgIpc) is 2.69. The van der Waals surface area contributed by atoms with Crippen molar-refractivity contribution in [1.29, 1.82) is 0 Å². The fourth-order valence-electron chi connectivity index (χ4n) is 2.24. The Morgan fingerprint density at radius 1 is 0.963 bits per heavy atom. The van der Waals surface area contributed by atoms with E-state index in [1.165, 1.54) is 0 Å². The van der Waals surface area contributed by atoms with Gasteiger partial charge in [-0.25, -0.2) is 0 Å². The van der Waals surface area contributed by atoms with Gasteiger partial charge in [0.15, 0.2) is 5.11 Å². The predicted octanol–water partition coefficient (Wildman–Crippen LogP) is 5.35. The van der Waals surface area contributed by atoms with Gasteiger partial charge in [-0.2, -0.15) is 5.10 Å². The molecule has 2 N–H and O–H groups in total. The molecular formula is C21H18BrN3OS. The SMILES string of the molecule is S=C(N/N=C/c1ccc(OCc2ccc(Br)cc2)cc1)Nc1ccccc1. The maximum atomic E-state index is 5.79. The number of nitrogens with one attached hydrogen (secondary N) is 2. The van der Waals surface area contributed by atoms with Gasteiger partial charge in [0.1, 0.15) is 12.4 Å². The summed E-state index contributed by atoms with van der Waals surface area (Å²) in [6.07, 6.45) is 1.71. The summed E-state index contributed by atoms with van der Waals surface area (Å²) in [5, 5.41) is 7.64. The number of para-hydroxylation sites is 1. The predicted molar refractivity (Wildman–Crippen MR) is 118 cm³/mol. The Morgan fingerprint density at radius 3 is 2.37 bits per heavy atom. The first kappa shape index (κ1) is 19.1. The Kier molecular flexibility index (Phi) is 6.96. The number of thiocarbonyl (C=S) groups is 1. The summed E-state index contributed by atoms with van der Waals surface area (Å²) in [5.41, 5.74) is 5.78. The van der Waals surface area contributed by atoms with Crippen LogP contribution in [0.2, 0.25) is 0 Å². The minimum atomic E-state index is 0.437. The molecule has 0 saturated carbocycles. The van der Waals surface area contributed by atoms with E-state index in [1.54, 1.807) is 6.21 Å². The highest BCUT2D eigenvalue weighted by Crippen LogP contribution is 2.15. The second-order valence-electron chi connectivity index (χ2n) is 5.67. The van der Waals surface area contributed by atoms with Crippen LogP contribution >= 0.6 is 28.1 Å². The molecular weight excluding hydrogens is 422 g/mol. The summed E-state index contributed by atoms with van der Waals surface area (Å²) in [6, 6.07) is 25.5. The smallest absolute Gasteiger partial charge is 0.191 e. The lowest BCUT2D eigenvalue weighted by atomic mass is 10.2. The highest BCUT2D eigenvalue weighted by atomic mass is 79.9. The molecule has 0 aromatic heterocycles. The monoisotopic (exact) mass is 439 g/mol. The molecule has 0 amide bonds. The zero-order valence-electron chi connectivity index (χ0n) is 14.4. The molecule has 0 aliphatic rings. The zero-order chi connectivity index (χ0) is 18.9. The van der Waals surface area contributed by atoms with Crippen LogP contribution in [0.5, 0.6) is 5.75 Å². The molecule has 0 radical (unpaired) electrons. The molecule has 3 aromatic carbocycles. The minimum Gasteiger partial charge on any atom is -0.489 e. The van der Waals surface area contributed by atoms with Crippen LogP contribution in [0.15, 0.2) is 88.4 Å². The number of nitrogens with zero attached hydrogens (tertiary/aromatic N) is 1. The molecule has 0 bridgehead atoms. The Hall–Kier alpha value is -2.70. The molecule has 6 heteroatoms. The summed E-state index contributed by atoms with van der Waals surface area (Å²) >= 11 is 8.63. The van der Waals surface area contributed by atoms with Crippen LogP contribution in [0.4, 0.5) is 5.69 Å². The van der Waals surface area contributed by atoms with E-state index < -0.39 is 0 Å². The van der Waals surface area contributed by atoms with Gasteiger partial charge in [-0.05, 0) is 71.9 Å². The topological polar surface area (TPSA) is 45.7 Å². The summed E-state index contributed by atoms with van der Waals surface area (Å²) in [7, 11) is 0. The number of hydrazone groups is 1. The second kappa shape index (κ2) is 9.85. The second-order valence-corrected chi connectivity index (χ2v) is 7.00. The van der Waals surface area contributed by atoms with E-state index in [2.05, 4.69) is 31.8 Å². The van der Waals surface area contributed by atoms with E-state index in [1.807, 2.05) is 78.9 Å². The van der Waals surface area contributed by atoms with Crippen LogP contribution in [0.1, 0.15) is 11.1 Å². The standard InChI is InChI=1S/C21H18BrN3OS/c22-18-10-6-17(7-11-18)15-26-20-12-8-16(9-13-20)14-23-25-21(27)24-19-4-2-1-3-5-19/h1-14H,15H2,(H2,24,25,27)/b23-14+. The first-order chi connectivity index (χ1) is 13.2. The van der Waals surface area contributed by atoms with Gasteiger partial charge in [0.2, 0.25) is 0 Å². The molecule has 0 aliphatic carbocycles. The van der Waals surface area contributed by atoms with Gasteiger partial charge in [-0.1, -0.05) is 46.3 Å². The fourth-order valence-corrected chi connectivity index (χ4v) is 2.68. The minimum absolute atomic E-state index is 0.437.